The van der Waals surface area contributed by atoms with Gasteiger partial charge in [-0.25, -0.2) is 0 Å². The normalized spacial score (nSPS) is 15.1. The first-order valence-electron chi connectivity index (χ1n) is 11.4. The number of carbonyl (C=O) groups is 1. The summed E-state index contributed by atoms with van der Waals surface area (Å²) >= 11 is 0. The number of hydrogen-bond donors (Lipinski definition) is 4. The van der Waals surface area contributed by atoms with Crippen molar-refractivity contribution in [2.45, 2.75) is 31.9 Å². The molecule has 33 heavy (non-hydrogen) atoms. The summed E-state index contributed by atoms with van der Waals surface area (Å²) in [5.41, 5.74) is 2.39. The number of anilines is 2. The number of carbonyl (C=O) groups excluding carboxylic acids is 1. The number of H-pyrrole nitrogens is 1. The van der Waals surface area contributed by atoms with Gasteiger partial charge in [-0.15, -0.1) is 0 Å². The molecule has 2 aromatic carbocycles. The van der Waals surface area contributed by atoms with E-state index >= 15 is 0 Å². The third-order valence-corrected chi connectivity index (χ3v) is 5.90. The van der Waals surface area contributed by atoms with Gasteiger partial charge in [0.2, 0.25) is 0 Å². The number of benzene rings is 2. The van der Waals surface area contributed by atoms with Gasteiger partial charge >= 0.3 is 0 Å². The maximum atomic E-state index is 13.0. The molecule has 4 rings (SSSR count). The van der Waals surface area contributed by atoms with Gasteiger partial charge in [0.05, 0.1) is 11.8 Å². The smallest absolute Gasteiger partial charge is 0.263 e. The van der Waals surface area contributed by atoms with E-state index in [1.54, 1.807) is 6.07 Å². The molecule has 0 radical (unpaired) electrons. The van der Waals surface area contributed by atoms with Crippen molar-refractivity contribution in [1.29, 1.82) is 0 Å². The molecule has 0 spiro atoms. The van der Waals surface area contributed by atoms with Gasteiger partial charge in [0.1, 0.15) is 5.56 Å². The third-order valence-electron chi connectivity index (χ3n) is 5.90. The Morgan fingerprint density at radius 3 is 2.61 bits per heavy atom. The number of amides is 1. The molecule has 172 valence electrons. The van der Waals surface area contributed by atoms with Crippen molar-refractivity contribution in [2.24, 2.45) is 0 Å². The van der Waals surface area contributed by atoms with Crippen molar-refractivity contribution in [2.75, 3.05) is 30.3 Å². The zero-order valence-electron chi connectivity index (χ0n) is 18.6. The van der Waals surface area contributed by atoms with E-state index in [0.717, 1.165) is 30.8 Å². The SMILES string of the molecule is O=C(Nc1cccc(CN2CCCCC2)c1)c1c(NC[C@@H](O)c2ccccc2)cc[nH]c1=O. The molecule has 0 saturated carbocycles. The van der Waals surface area contributed by atoms with Crippen LogP contribution in [0.5, 0.6) is 0 Å². The van der Waals surface area contributed by atoms with Crippen LogP contribution in [0.25, 0.3) is 0 Å². The van der Waals surface area contributed by atoms with Crippen molar-refractivity contribution < 1.29 is 9.90 Å². The molecule has 1 fully saturated rings. The molecular formula is C26H30N4O3. The maximum Gasteiger partial charge on any atom is 0.263 e. The molecule has 1 atom stereocenters. The van der Waals surface area contributed by atoms with Crippen molar-refractivity contribution in [3.63, 3.8) is 0 Å². The largest absolute Gasteiger partial charge is 0.387 e. The minimum Gasteiger partial charge on any atom is -0.387 e. The summed E-state index contributed by atoms with van der Waals surface area (Å²) in [7, 11) is 0. The van der Waals surface area contributed by atoms with Gasteiger partial charge in [-0.1, -0.05) is 48.9 Å². The lowest BCUT2D eigenvalue weighted by molar-refractivity contribution is 0.102. The number of aliphatic hydroxyl groups is 1. The Balaban J connectivity index is 1.45. The van der Waals surface area contributed by atoms with Crippen LogP contribution < -0.4 is 16.2 Å². The Kier molecular flexibility index (Phi) is 7.55. The van der Waals surface area contributed by atoms with E-state index in [1.807, 2.05) is 48.5 Å². The van der Waals surface area contributed by atoms with Crippen LogP contribution in [-0.4, -0.2) is 40.5 Å². The molecule has 0 bridgehead atoms. The Labute approximate surface area is 193 Å². The average Bonchev–Trinajstić information content (AvgIpc) is 2.84. The van der Waals surface area contributed by atoms with Gasteiger partial charge in [-0.05, 0) is 55.3 Å². The van der Waals surface area contributed by atoms with Gasteiger partial charge in [-0.2, -0.15) is 0 Å². The zero-order valence-corrected chi connectivity index (χ0v) is 18.6. The van der Waals surface area contributed by atoms with Crippen LogP contribution >= 0.6 is 0 Å². The molecule has 1 aliphatic heterocycles. The monoisotopic (exact) mass is 446 g/mol. The van der Waals surface area contributed by atoms with E-state index in [-0.39, 0.29) is 12.1 Å². The number of nitrogens with zero attached hydrogens (tertiary/aromatic N) is 1. The molecule has 1 aromatic heterocycles. The summed E-state index contributed by atoms with van der Waals surface area (Å²) in [5, 5.41) is 16.3. The number of aromatic nitrogens is 1. The third kappa shape index (κ3) is 6.09. The fourth-order valence-electron chi connectivity index (χ4n) is 4.17. The second-order valence-electron chi connectivity index (χ2n) is 8.39. The van der Waals surface area contributed by atoms with Gasteiger partial charge in [0, 0.05) is 25.0 Å². The minimum absolute atomic E-state index is 0.0146. The molecule has 4 N–H and O–H groups in total. The number of likely N-dealkylation sites (tertiary alicyclic amines) is 1. The van der Waals surface area contributed by atoms with Crippen molar-refractivity contribution in [1.82, 2.24) is 9.88 Å². The summed E-state index contributed by atoms with van der Waals surface area (Å²) in [5.74, 6) is -0.497. The summed E-state index contributed by atoms with van der Waals surface area (Å²) < 4.78 is 0. The molecule has 0 aliphatic carbocycles. The molecule has 7 heteroatoms. The van der Waals surface area contributed by atoms with Gasteiger partial charge in [0.25, 0.3) is 11.5 Å². The quantitative estimate of drug-likeness (QED) is 0.422. The highest BCUT2D eigenvalue weighted by molar-refractivity contribution is 6.07. The highest BCUT2D eigenvalue weighted by Crippen LogP contribution is 2.19. The van der Waals surface area contributed by atoms with Gasteiger partial charge in [-0.3, -0.25) is 14.5 Å². The highest BCUT2D eigenvalue weighted by atomic mass is 16.3. The molecule has 3 aromatic rings. The number of piperidine rings is 1. The fourth-order valence-corrected chi connectivity index (χ4v) is 4.17. The zero-order chi connectivity index (χ0) is 23.0. The van der Waals surface area contributed by atoms with Crippen molar-refractivity contribution in [3.05, 3.63) is 93.9 Å². The van der Waals surface area contributed by atoms with Crippen LogP contribution in [-0.2, 0) is 6.54 Å². The molecule has 0 unspecified atom stereocenters. The maximum absolute atomic E-state index is 13.0. The lowest BCUT2D eigenvalue weighted by atomic mass is 10.1. The molecule has 1 aliphatic rings. The molecule has 1 amide bonds. The number of aliphatic hydroxyl groups excluding tert-OH is 1. The van der Waals surface area contributed by atoms with Crippen LogP contribution in [0, 0.1) is 0 Å². The van der Waals surface area contributed by atoms with E-state index in [2.05, 4.69) is 26.6 Å². The first-order valence-corrected chi connectivity index (χ1v) is 11.4. The first kappa shape index (κ1) is 22.8. The second-order valence-corrected chi connectivity index (χ2v) is 8.39. The molecule has 2 heterocycles. The van der Waals surface area contributed by atoms with E-state index in [0.29, 0.717) is 11.4 Å². The second kappa shape index (κ2) is 10.9. The van der Waals surface area contributed by atoms with E-state index in [9.17, 15) is 14.7 Å². The summed E-state index contributed by atoms with van der Waals surface area (Å²) in [6.45, 7) is 3.21. The summed E-state index contributed by atoms with van der Waals surface area (Å²) in [6, 6.07) is 18.6. The summed E-state index contributed by atoms with van der Waals surface area (Å²) in [4.78, 5) is 30.5. The van der Waals surface area contributed by atoms with Crippen LogP contribution in [0.3, 0.4) is 0 Å². The predicted molar refractivity (Wildman–Crippen MR) is 130 cm³/mol. The van der Waals surface area contributed by atoms with E-state index < -0.39 is 17.6 Å². The molecular weight excluding hydrogens is 416 g/mol. The number of nitrogens with one attached hydrogen (secondary N) is 3. The lowest BCUT2D eigenvalue weighted by Crippen LogP contribution is -2.29. The van der Waals surface area contributed by atoms with E-state index in [4.69, 9.17) is 0 Å². The van der Waals surface area contributed by atoms with Crippen LogP contribution in [0.15, 0.2) is 71.7 Å². The Bertz CT molecular complexity index is 1120. The summed E-state index contributed by atoms with van der Waals surface area (Å²) in [6.07, 6.45) is 4.45. The Hall–Kier alpha value is -3.42. The van der Waals surface area contributed by atoms with Crippen molar-refractivity contribution >= 4 is 17.3 Å². The highest BCUT2D eigenvalue weighted by Gasteiger charge is 2.18. The van der Waals surface area contributed by atoms with Crippen molar-refractivity contribution in [3.8, 4) is 0 Å². The molecule has 1 saturated heterocycles. The molecule has 7 nitrogen and oxygen atoms in total. The topological polar surface area (TPSA) is 97.5 Å². The van der Waals surface area contributed by atoms with Gasteiger partial charge in [0.15, 0.2) is 0 Å². The van der Waals surface area contributed by atoms with Crippen LogP contribution in [0.4, 0.5) is 11.4 Å². The number of rotatable bonds is 8. The van der Waals surface area contributed by atoms with Crippen LogP contribution in [0.2, 0.25) is 0 Å². The average molecular weight is 447 g/mol. The number of hydrogen-bond acceptors (Lipinski definition) is 5. The fraction of sp³-hybridized carbons (Fsp3) is 0.308. The number of pyridine rings is 1. The van der Waals surface area contributed by atoms with Gasteiger partial charge < -0.3 is 20.7 Å². The lowest BCUT2D eigenvalue weighted by Gasteiger charge is -2.26. The predicted octanol–water partition coefficient (Wildman–Crippen LogP) is 3.76. The van der Waals surface area contributed by atoms with E-state index in [1.165, 1.54) is 25.5 Å². The standard InChI is InChI=1S/C26H30N4O3/c31-23(20-9-3-1-4-10-20)17-28-22-12-13-27-25(32)24(22)26(33)29-21-11-7-8-19(16-21)18-30-14-5-2-6-15-30/h1,3-4,7-13,16,23,31H,2,5-6,14-15,17-18H2,(H,29,33)(H2,27,28,32)/t23-/m1/s1. The van der Waals surface area contributed by atoms with Crippen LogP contribution in [0.1, 0.15) is 46.9 Å². The number of aromatic amines is 1. The Morgan fingerprint density at radius 2 is 1.82 bits per heavy atom. The minimum atomic E-state index is -0.770. The Morgan fingerprint density at radius 1 is 1.03 bits per heavy atom. The first-order chi connectivity index (χ1) is 16.1.